The van der Waals surface area contributed by atoms with Crippen LogP contribution >= 0.6 is 0 Å². The first-order valence-electron chi connectivity index (χ1n) is 6.00. The zero-order valence-corrected chi connectivity index (χ0v) is 12.5. The van der Waals surface area contributed by atoms with Gasteiger partial charge in [-0.25, -0.2) is 13.2 Å². The standard InChI is InChI=1S/C13H16N2O5S/c1-15(8-9-21(2,19)20)13(18)12-10(4-3-7-14-12)5-6-11(16)17/h3-7H,8-9H2,1-2H3,(H,16,17)/b6-5+. The molecular weight excluding hydrogens is 296 g/mol. The maximum absolute atomic E-state index is 12.2. The van der Waals surface area contributed by atoms with Gasteiger partial charge in [0.05, 0.1) is 5.75 Å². The third-order valence-electron chi connectivity index (χ3n) is 2.59. The number of carboxylic acids is 1. The van der Waals surface area contributed by atoms with E-state index in [0.717, 1.165) is 12.3 Å². The zero-order chi connectivity index (χ0) is 16.0. The number of carbonyl (C=O) groups excluding carboxylic acids is 1. The fourth-order valence-corrected chi connectivity index (χ4v) is 2.08. The molecule has 1 amide bonds. The van der Waals surface area contributed by atoms with E-state index in [1.165, 1.54) is 24.2 Å². The molecule has 0 radical (unpaired) electrons. The molecule has 0 aromatic carbocycles. The highest BCUT2D eigenvalue weighted by Gasteiger charge is 2.17. The first-order chi connectivity index (χ1) is 9.70. The predicted molar refractivity (Wildman–Crippen MR) is 77.6 cm³/mol. The summed E-state index contributed by atoms with van der Waals surface area (Å²) in [6.07, 6.45) is 4.68. The molecule has 0 saturated heterocycles. The van der Waals surface area contributed by atoms with Crippen LogP contribution in [0.15, 0.2) is 24.4 Å². The molecule has 0 unspecified atom stereocenters. The summed E-state index contributed by atoms with van der Waals surface area (Å²) >= 11 is 0. The molecular formula is C13H16N2O5S. The molecule has 7 nitrogen and oxygen atoms in total. The highest BCUT2D eigenvalue weighted by molar-refractivity contribution is 7.90. The summed E-state index contributed by atoms with van der Waals surface area (Å²) in [5.41, 5.74) is 0.433. The Morgan fingerprint density at radius 2 is 2.10 bits per heavy atom. The van der Waals surface area contributed by atoms with Crippen molar-refractivity contribution in [3.8, 4) is 0 Å². The van der Waals surface area contributed by atoms with Crippen LogP contribution in [0.2, 0.25) is 0 Å². The van der Waals surface area contributed by atoms with Gasteiger partial charge in [0.15, 0.2) is 0 Å². The number of carboxylic acid groups (broad SMARTS) is 1. The summed E-state index contributed by atoms with van der Waals surface area (Å²) in [5.74, 6) is -1.76. The molecule has 0 bridgehead atoms. The van der Waals surface area contributed by atoms with Gasteiger partial charge in [0.25, 0.3) is 5.91 Å². The number of rotatable bonds is 6. The lowest BCUT2D eigenvalue weighted by molar-refractivity contribution is -0.131. The average Bonchev–Trinajstić information content (AvgIpc) is 2.41. The van der Waals surface area contributed by atoms with Crippen LogP contribution < -0.4 is 0 Å². The topological polar surface area (TPSA) is 105 Å². The Balaban J connectivity index is 2.94. The van der Waals surface area contributed by atoms with Gasteiger partial charge < -0.3 is 10.0 Å². The molecule has 0 aliphatic heterocycles. The van der Waals surface area contributed by atoms with Crippen LogP contribution in [0.4, 0.5) is 0 Å². The smallest absolute Gasteiger partial charge is 0.328 e. The third-order valence-corrected chi connectivity index (χ3v) is 3.52. The van der Waals surface area contributed by atoms with Crippen LogP contribution in [-0.2, 0) is 14.6 Å². The van der Waals surface area contributed by atoms with Gasteiger partial charge in [0.1, 0.15) is 15.5 Å². The third kappa shape index (κ3) is 5.74. The minimum absolute atomic E-state index is 0.0380. The predicted octanol–water partition coefficient (Wildman–Crippen LogP) is 0.296. The molecule has 1 aromatic rings. The molecule has 1 rings (SSSR count). The van der Waals surface area contributed by atoms with Gasteiger partial charge in [-0.05, 0) is 12.1 Å². The van der Waals surface area contributed by atoms with Crippen molar-refractivity contribution in [3.05, 3.63) is 35.7 Å². The normalized spacial score (nSPS) is 11.5. The molecule has 0 atom stereocenters. The van der Waals surface area contributed by atoms with Crippen molar-refractivity contribution in [2.45, 2.75) is 0 Å². The van der Waals surface area contributed by atoms with Crippen LogP contribution in [0, 0.1) is 0 Å². The quantitative estimate of drug-likeness (QED) is 0.757. The van der Waals surface area contributed by atoms with E-state index in [9.17, 15) is 18.0 Å². The number of carbonyl (C=O) groups is 2. The van der Waals surface area contributed by atoms with E-state index in [-0.39, 0.29) is 18.0 Å². The summed E-state index contributed by atoms with van der Waals surface area (Å²) in [7, 11) is -1.71. The fourth-order valence-electron chi connectivity index (χ4n) is 1.48. The van der Waals surface area contributed by atoms with Crippen LogP contribution in [0.25, 0.3) is 6.08 Å². The summed E-state index contributed by atoms with van der Waals surface area (Å²) in [5, 5.41) is 8.62. The lowest BCUT2D eigenvalue weighted by atomic mass is 10.1. The Labute approximate surface area is 122 Å². The fraction of sp³-hybridized carbons (Fsp3) is 0.308. The van der Waals surface area contributed by atoms with Crippen molar-refractivity contribution in [2.24, 2.45) is 0 Å². The number of pyridine rings is 1. The lowest BCUT2D eigenvalue weighted by Crippen LogP contribution is -2.32. The molecule has 1 heterocycles. The first-order valence-corrected chi connectivity index (χ1v) is 8.06. The monoisotopic (exact) mass is 312 g/mol. The Morgan fingerprint density at radius 3 is 2.67 bits per heavy atom. The maximum Gasteiger partial charge on any atom is 0.328 e. The molecule has 0 aliphatic rings. The number of sulfone groups is 1. The van der Waals surface area contributed by atoms with Gasteiger partial charge in [-0.2, -0.15) is 0 Å². The molecule has 0 saturated carbocycles. The second-order valence-corrected chi connectivity index (χ2v) is 6.73. The van der Waals surface area contributed by atoms with Gasteiger partial charge in [-0.15, -0.1) is 0 Å². The molecule has 0 aliphatic carbocycles. The van der Waals surface area contributed by atoms with E-state index < -0.39 is 21.7 Å². The molecule has 0 spiro atoms. The number of nitrogens with zero attached hydrogens (tertiary/aromatic N) is 2. The average molecular weight is 312 g/mol. The Kier molecular flexibility index (Phi) is 5.60. The Bertz CT molecular complexity index is 667. The van der Waals surface area contributed by atoms with Crippen molar-refractivity contribution in [3.63, 3.8) is 0 Å². The highest BCUT2D eigenvalue weighted by atomic mass is 32.2. The summed E-state index contributed by atoms with van der Waals surface area (Å²) in [4.78, 5) is 27.9. The van der Waals surface area contributed by atoms with E-state index in [1.807, 2.05) is 0 Å². The van der Waals surface area contributed by atoms with Crippen molar-refractivity contribution in [1.82, 2.24) is 9.88 Å². The van der Waals surface area contributed by atoms with Gasteiger partial charge in [0.2, 0.25) is 0 Å². The molecule has 1 aromatic heterocycles. The van der Waals surface area contributed by atoms with Gasteiger partial charge in [-0.3, -0.25) is 9.78 Å². The molecule has 114 valence electrons. The van der Waals surface area contributed by atoms with E-state index in [1.54, 1.807) is 12.1 Å². The SMILES string of the molecule is CN(CCS(C)(=O)=O)C(=O)c1ncccc1/C=C/C(=O)O. The number of amides is 1. The van der Waals surface area contributed by atoms with Gasteiger partial charge >= 0.3 is 5.97 Å². The lowest BCUT2D eigenvalue weighted by Gasteiger charge is -2.17. The van der Waals surface area contributed by atoms with E-state index >= 15 is 0 Å². The second kappa shape index (κ2) is 6.98. The van der Waals surface area contributed by atoms with Crippen LogP contribution in [0.3, 0.4) is 0 Å². The Morgan fingerprint density at radius 1 is 1.43 bits per heavy atom. The summed E-state index contributed by atoms with van der Waals surface area (Å²) in [6, 6.07) is 3.14. The number of hydrogen-bond acceptors (Lipinski definition) is 5. The molecule has 0 fully saturated rings. The minimum Gasteiger partial charge on any atom is -0.478 e. The van der Waals surface area contributed by atoms with Crippen LogP contribution in [0.5, 0.6) is 0 Å². The van der Waals surface area contributed by atoms with E-state index in [4.69, 9.17) is 5.11 Å². The Hall–Kier alpha value is -2.22. The van der Waals surface area contributed by atoms with Crippen molar-refractivity contribution in [2.75, 3.05) is 25.6 Å². The van der Waals surface area contributed by atoms with Crippen LogP contribution in [0.1, 0.15) is 16.1 Å². The highest BCUT2D eigenvalue weighted by Crippen LogP contribution is 2.10. The molecule has 21 heavy (non-hydrogen) atoms. The summed E-state index contributed by atoms with van der Waals surface area (Å²) < 4.78 is 22.2. The van der Waals surface area contributed by atoms with Crippen molar-refractivity contribution < 1.29 is 23.1 Å². The number of aliphatic carboxylic acids is 1. The number of hydrogen-bond donors (Lipinski definition) is 1. The van der Waals surface area contributed by atoms with E-state index in [0.29, 0.717) is 5.56 Å². The first kappa shape index (κ1) is 16.8. The largest absolute Gasteiger partial charge is 0.478 e. The zero-order valence-electron chi connectivity index (χ0n) is 11.7. The van der Waals surface area contributed by atoms with Crippen LogP contribution in [-0.4, -0.2) is 60.9 Å². The van der Waals surface area contributed by atoms with Gasteiger partial charge in [0, 0.05) is 37.7 Å². The second-order valence-electron chi connectivity index (χ2n) is 4.47. The summed E-state index contributed by atoms with van der Waals surface area (Å²) in [6.45, 7) is 0.0380. The van der Waals surface area contributed by atoms with E-state index in [2.05, 4.69) is 4.98 Å². The van der Waals surface area contributed by atoms with Crippen molar-refractivity contribution in [1.29, 1.82) is 0 Å². The minimum atomic E-state index is -3.17. The van der Waals surface area contributed by atoms with Crippen molar-refractivity contribution >= 4 is 27.8 Å². The van der Waals surface area contributed by atoms with Gasteiger partial charge in [-0.1, -0.05) is 6.07 Å². The molecule has 1 N–H and O–H groups in total. The maximum atomic E-state index is 12.2. The molecule has 8 heteroatoms. The number of aromatic nitrogens is 1.